The summed E-state index contributed by atoms with van der Waals surface area (Å²) in [4.78, 5) is 0. The van der Waals surface area contributed by atoms with E-state index in [0.717, 1.165) is 18.4 Å². The van der Waals surface area contributed by atoms with Crippen molar-refractivity contribution in [2.75, 3.05) is 0 Å². The highest BCUT2D eigenvalue weighted by Gasteiger charge is 2.35. The summed E-state index contributed by atoms with van der Waals surface area (Å²) in [6.07, 6.45) is 2.91. The molecule has 0 aliphatic rings. The fourth-order valence-corrected chi connectivity index (χ4v) is 2.62. The van der Waals surface area contributed by atoms with Gasteiger partial charge in [0.25, 0.3) is 0 Å². The summed E-state index contributed by atoms with van der Waals surface area (Å²) in [6, 6.07) is 12.5. The van der Waals surface area contributed by atoms with Gasteiger partial charge in [0.1, 0.15) is 0 Å². The van der Waals surface area contributed by atoms with Gasteiger partial charge in [0.2, 0.25) is 0 Å². The van der Waals surface area contributed by atoms with E-state index in [9.17, 15) is 10.4 Å². The van der Waals surface area contributed by atoms with Crippen LogP contribution in [0.3, 0.4) is 0 Å². The molecule has 1 N–H and O–H groups in total. The molecule has 0 aliphatic carbocycles. The Morgan fingerprint density at radius 1 is 1.21 bits per heavy atom. The summed E-state index contributed by atoms with van der Waals surface area (Å²) in [6.45, 7) is 6.24. The molecule has 0 radical (unpaired) electrons. The first kappa shape index (κ1) is 15.7. The maximum atomic E-state index is 9.93. The lowest BCUT2D eigenvalue weighted by Gasteiger charge is -2.32. The molecule has 2 atom stereocenters. The van der Waals surface area contributed by atoms with E-state index in [-0.39, 0.29) is 12.0 Å². The molecule has 0 bridgehead atoms. The lowest BCUT2D eigenvalue weighted by Crippen LogP contribution is -2.32. The normalized spacial score (nSPS) is 15.8. The highest BCUT2D eigenvalue weighted by atomic mass is 16.3. The summed E-state index contributed by atoms with van der Waals surface area (Å²) >= 11 is 0. The standard InChI is InChI=1S/C17H25NO/c1-4-8-16(19)11-12-17(13-18,14(2)3)15-9-6-5-7-10-15/h5-7,9-10,14,16,19H,4,8,11-12H2,1-3H3. The lowest BCUT2D eigenvalue weighted by atomic mass is 9.69. The molecule has 1 aromatic carbocycles. The van der Waals surface area contributed by atoms with Crippen LogP contribution >= 0.6 is 0 Å². The van der Waals surface area contributed by atoms with Crippen molar-refractivity contribution >= 4 is 0 Å². The Bertz CT molecular complexity index is 407. The van der Waals surface area contributed by atoms with Crippen LogP contribution < -0.4 is 0 Å². The number of nitrogens with zero attached hydrogens (tertiary/aromatic N) is 1. The van der Waals surface area contributed by atoms with Gasteiger partial charge in [-0.2, -0.15) is 5.26 Å². The quantitative estimate of drug-likeness (QED) is 0.803. The Morgan fingerprint density at radius 2 is 1.84 bits per heavy atom. The molecule has 0 aromatic heterocycles. The molecule has 2 unspecified atom stereocenters. The highest BCUT2D eigenvalue weighted by molar-refractivity contribution is 5.33. The van der Waals surface area contributed by atoms with Crippen molar-refractivity contribution in [3.8, 4) is 6.07 Å². The third-order valence-corrected chi connectivity index (χ3v) is 3.97. The second-order valence-electron chi connectivity index (χ2n) is 5.59. The summed E-state index contributed by atoms with van der Waals surface area (Å²) in [5, 5.41) is 19.6. The SMILES string of the molecule is CCCC(O)CCC(C#N)(c1ccccc1)C(C)C. The van der Waals surface area contributed by atoms with Crippen molar-refractivity contribution < 1.29 is 5.11 Å². The van der Waals surface area contributed by atoms with Crippen LogP contribution in [0.1, 0.15) is 52.0 Å². The van der Waals surface area contributed by atoms with E-state index in [1.807, 2.05) is 30.3 Å². The monoisotopic (exact) mass is 259 g/mol. The van der Waals surface area contributed by atoms with E-state index in [1.165, 1.54) is 0 Å². The largest absolute Gasteiger partial charge is 0.393 e. The molecule has 1 rings (SSSR count). The molecular formula is C17H25NO. The first-order chi connectivity index (χ1) is 9.06. The molecule has 1 aromatic rings. The first-order valence-corrected chi connectivity index (χ1v) is 7.21. The minimum atomic E-state index is -0.490. The van der Waals surface area contributed by atoms with Gasteiger partial charge < -0.3 is 5.11 Å². The first-order valence-electron chi connectivity index (χ1n) is 7.21. The van der Waals surface area contributed by atoms with Gasteiger partial charge in [0, 0.05) is 0 Å². The predicted molar refractivity (Wildman–Crippen MR) is 78.7 cm³/mol. The van der Waals surface area contributed by atoms with E-state index in [1.54, 1.807) is 0 Å². The molecule has 19 heavy (non-hydrogen) atoms. The number of aliphatic hydroxyl groups is 1. The fraction of sp³-hybridized carbons (Fsp3) is 0.588. The van der Waals surface area contributed by atoms with Gasteiger partial charge in [0.15, 0.2) is 0 Å². The van der Waals surface area contributed by atoms with Crippen LogP contribution in [-0.4, -0.2) is 11.2 Å². The van der Waals surface area contributed by atoms with Crippen molar-refractivity contribution in [1.82, 2.24) is 0 Å². The maximum Gasteiger partial charge on any atom is 0.0846 e. The second kappa shape index (κ2) is 7.31. The Hall–Kier alpha value is -1.33. The van der Waals surface area contributed by atoms with Gasteiger partial charge >= 0.3 is 0 Å². The van der Waals surface area contributed by atoms with Crippen LogP contribution in [0.25, 0.3) is 0 Å². The summed E-state index contributed by atoms with van der Waals surface area (Å²) in [7, 11) is 0. The molecule has 2 nitrogen and oxygen atoms in total. The van der Waals surface area contributed by atoms with E-state index in [2.05, 4.69) is 26.8 Å². The van der Waals surface area contributed by atoms with Crippen molar-refractivity contribution in [3.63, 3.8) is 0 Å². The van der Waals surface area contributed by atoms with Gasteiger partial charge in [-0.3, -0.25) is 0 Å². The molecule has 0 fully saturated rings. The van der Waals surface area contributed by atoms with Crippen LogP contribution in [0.15, 0.2) is 30.3 Å². The van der Waals surface area contributed by atoms with Crippen molar-refractivity contribution in [2.45, 2.75) is 58.0 Å². The maximum absolute atomic E-state index is 9.93. The fourth-order valence-electron chi connectivity index (χ4n) is 2.62. The van der Waals surface area contributed by atoms with Crippen LogP contribution in [0.5, 0.6) is 0 Å². The molecular weight excluding hydrogens is 234 g/mol. The molecule has 0 heterocycles. The van der Waals surface area contributed by atoms with Crippen LogP contribution in [0.2, 0.25) is 0 Å². The van der Waals surface area contributed by atoms with Crippen molar-refractivity contribution in [2.24, 2.45) is 5.92 Å². The number of nitriles is 1. The Labute approximate surface area is 117 Å². The van der Waals surface area contributed by atoms with E-state index in [4.69, 9.17) is 0 Å². The average molecular weight is 259 g/mol. The Kier molecular flexibility index (Phi) is 6.05. The molecule has 0 spiro atoms. The molecule has 0 saturated carbocycles. The Balaban J connectivity index is 2.92. The van der Waals surface area contributed by atoms with Crippen molar-refractivity contribution in [1.29, 1.82) is 5.26 Å². The zero-order chi connectivity index (χ0) is 14.3. The summed E-state index contributed by atoms with van der Waals surface area (Å²) in [5.74, 6) is 0.230. The van der Waals surface area contributed by atoms with Gasteiger partial charge in [0.05, 0.1) is 17.6 Å². The molecule has 0 amide bonds. The second-order valence-corrected chi connectivity index (χ2v) is 5.59. The number of rotatable bonds is 7. The number of hydrogen-bond acceptors (Lipinski definition) is 2. The van der Waals surface area contributed by atoms with Crippen LogP contribution in [-0.2, 0) is 5.41 Å². The minimum Gasteiger partial charge on any atom is -0.393 e. The third kappa shape index (κ3) is 3.81. The van der Waals surface area contributed by atoms with Crippen LogP contribution in [0.4, 0.5) is 0 Å². The number of aliphatic hydroxyl groups excluding tert-OH is 1. The molecule has 2 heteroatoms. The van der Waals surface area contributed by atoms with E-state index in [0.29, 0.717) is 12.8 Å². The van der Waals surface area contributed by atoms with Crippen LogP contribution in [0, 0.1) is 17.2 Å². The third-order valence-electron chi connectivity index (χ3n) is 3.97. The van der Waals surface area contributed by atoms with Crippen molar-refractivity contribution in [3.05, 3.63) is 35.9 Å². The molecule has 0 aliphatic heterocycles. The smallest absolute Gasteiger partial charge is 0.0846 e. The summed E-state index contributed by atoms with van der Waals surface area (Å²) in [5.41, 5.74) is 0.576. The van der Waals surface area contributed by atoms with E-state index >= 15 is 0 Å². The molecule has 104 valence electrons. The van der Waals surface area contributed by atoms with Gasteiger partial charge in [-0.15, -0.1) is 0 Å². The van der Waals surface area contributed by atoms with Gasteiger partial charge in [-0.05, 0) is 30.7 Å². The predicted octanol–water partition coefficient (Wildman–Crippen LogP) is 4.05. The molecule has 0 saturated heterocycles. The van der Waals surface area contributed by atoms with E-state index < -0.39 is 5.41 Å². The Morgan fingerprint density at radius 3 is 2.32 bits per heavy atom. The summed E-state index contributed by atoms with van der Waals surface area (Å²) < 4.78 is 0. The number of benzene rings is 1. The van der Waals surface area contributed by atoms with Gasteiger partial charge in [-0.25, -0.2) is 0 Å². The average Bonchev–Trinajstić information content (AvgIpc) is 2.41. The minimum absolute atomic E-state index is 0.230. The highest BCUT2D eigenvalue weighted by Crippen LogP contribution is 2.37. The zero-order valence-electron chi connectivity index (χ0n) is 12.3. The number of hydrogen-bond donors (Lipinski definition) is 1. The lowest BCUT2D eigenvalue weighted by molar-refractivity contribution is 0.139. The zero-order valence-corrected chi connectivity index (χ0v) is 12.3. The topological polar surface area (TPSA) is 44.0 Å². The van der Waals surface area contributed by atoms with Gasteiger partial charge in [-0.1, -0.05) is 57.5 Å².